The number of likely N-dealkylation sites (tertiary alicyclic amines) is 1. The quantitative estimate of drug-likeness (QED) is 0.771. The van der Waals surface area contributed by atoms with Crippen molar-refractivity contribution in [3.05, 3.63) is 0 Å². The molecule has 2 aliphatic rings. The summed E-state index contributed by atoms with van der Waals surface area (Å²) in [5.74, 6) is -0.129. The fourth-order valence-electron chi connectivity index (χ4n) is 3.42. The zero-order chi connectivity index (χ0) is 13.9. The van der Waals surface area contributed by atoms with Crippen LogP contribution in [0.1, 0.15) is 39.0 Å². The molecule has 0 saturated carbocycles. The van der Waals surface area contributed by atoms with Crippen molar-refractivity contribution >= 4 is 11.9 Å². The largest absolute Gasteiger partial charge is 0.467 e. The Kier molecular flexibility index (Phi) is 4.45. The summed E-state index contributed by atoms with van der Waals surface area (Å²) in [6, 6.07) is -0.369. The van der Waals surface area contributed by atoms with Crippen LogP contribution < -0.4 is 5.32 Å². The molecular formula is C14H24N2O3. The van der Waals surface area contributed by atoms with Crippen LogP contribution in [0.25, 0.3) is 0 Å². The van der Waals surface area contributed by atoms with E-state index in [1.54, 1.807) is 4.90 Å². The minimum Gasteiger partial charge on any atom is -0.467 e. The first kappa shape index (κ1) is 14.3. The van der Waals surface area contributed by atoms with Gasteiger partial charge in [-0.15, -0.1) is 0 Å². The van der Waals surface area contributed by atoms with Gasteiger partial charge >= 0.3 is 5.97 Å². The van der Waals surface area contributed by atoms with Crippen molar-refractivity contribution < 1.29 is 14.3 Å². The number of rotatable bonds is 4. The van der Waals surface area contributed by atoms with Crippen LogP contribution in [-0.4, -0.2) is 49.6 Å². The maximum Gasteiger partial charge on any atom is 0.328 e. The second kappa shape index (κ2) is 5.90. The van der Waals surface area contributed by atoms with E-state index < -0.39 is 0 Å². The van der Waals surface area contributed by atoms with Gasteiger partial charge in [-0.2, -0.15) is 0 Å². The Bertz CT molecular complexity index is 351. The lowest BCUT2D eigenvalue weighted by Gasteiger charge is -2.34. The molecule has 5 nitrogen and oxygen atoms in total. The first-order chi connectivity index (χ1) is 9.14. The molecule has 2 unspecified atom stereocenters. The summed E-state index contributed by atoms with van der Waals surface area (Å²) in [5.41, 5.74) is -0.300. The van der Waals surface area contributed by atoms with Gasteiger partial charge in [-0.05, 0) is 32.2 Å². The van der Waals surface area contributed by atoms with E-state index in [0.717, 1.165) is 45.2 Å². The highest BCUT2D eigenvalue weighted by atomic mass is 16.5. The van der Waals surface area contributed by atoms with E-state index in [1.807, 2.05) is 0 Å². The lowest BCUT2D eigenvalue weighted by Crippen LogP contribution is -2.49. The minimum atomic E-state index is -0.369. The van der Waals surface area contributed by atoms with Crippen LogP contribution in [0, 0.1) is 5.41 Å². The third kappa shape index (κ3) is 2.61. The molecule has 19 heavy (non-hydrogen) atoms. The van der Waals surface area contributed by atoms with E-state index in [2.05, 4.69) is 12.2 Å². The van der Waals surface area contributed by atoms with Crippen molar-refractivity contribution in [2.45, 2.75) is 45.1 Å². The normalized spacial score (nSPS) is 30.6. The second-order valence-corrected chi connectivity index (χ2v) is 5.64. The molecule has 1 N–H and O–H groups in total. The van der Waals surface area contributed by atoms with Crippen molar-refractivity contribution in [1.29, 1.82) is 0 Å². The lowest BCUT2D eigenvalue weighted by atomic mass is 9.81. The van der Waals surface area contributed by atoms with Gasteiger partial charge in [-0.1, -0.05) is 13.3 Å². The number of hydrogen-bond donors (Lipinski definition) is 1. The number of nitrogens with one attached hydrogen (secondary N) is 1. The van der Waals surface area contributed by atoms with E-state index in [9.17, 15) is 9.59 Å². The standard InChI is InChI=1S/C14H24N2O3/c1-3-6-14(7-8-15-10-14)13(18)16-9-4-5-11(16)12(17)19-2/h11,15H,3-10H2,1-2H3. The number of carbonyl (C=O) groups is 2. The van der Waals surface area contributed by atoms with Crippen LogP contribution in [0.15, 0.2) is 0 Å². The molecule has 1 amide bonds. The van der Waals surface area contributed by atoms with Crippen LogP contribution in [0.4, 0.5) is 0 Å². The Morgan fingerprint density at radius 3 is 2.84 bits per heavy atom. The lowest BCUT2D eigenvalue weighted by molar-refractivity contribution is -0.155. The van der Waals surface area contributed by atoms with Crippen LogP contribution in [0.3, 0.4) is 0 Å². The number of esters is 1. The van der Waals surface area contributed by atoms with E-state index in [-0.39, 0.29) is 23.3 Å². The number of ether oxygens (including phenoxy) is 1. The molecule has 2 atom stereocenters. The number of methoxy groups -OCH3 is 1. The maximum absolute atomic E-state index is 12.9. The molecule has 0 aromatic heterocycles. The van der Waals surface area contributed by atoms with Gasteiger partial charge in [0.1, 0.15) is 6.04 Å². The summed E-state index contributed by atoms with van der Waals surface area (Å²) >= 11 is 0. The molecule has 2 aliphatic heterocycles. The van der Waals surface area contributed by atoms with Crippen LogP contribution in [-0.2, 0) is 14.3 Å². The van der Waals surface area contributed by atoms with Crippen molar-refractivity contribution in [3.63, 3.8) is 0 Å². The molecule has 0 aromatic carbocycles. The maximum atomic E-state index is 12.9. The van der Waals surface area contributed by atoms with E-state index in [1.165, 1.54) is 7.11 Å². The first-order valence-corrected chi connectivity index (χ1v) is 7.24. The average Bonchev–Trinajstić information content (AvgIpc) is 3.06. The number of nitrogens with zero attached hydrogens (tertiary/aromatic N) is 1. The summed E-state index contributed by atoms with van der Waals surface area (Å²) in [4.78, 5) is 26.4. The van der Waals surface area contributed by atoms with Gasteiger partial charge in [0.25, 0.3) is 0 Å². The van der Waals surface area contributed by atoms with Crippen LogP contribution in [0.2, 0.25) is 0 Å². The van der Waals surface area contributed by atoms with Crippen molar-refractivity contribution in [3.8, 4) is 0 Å². The smallest absolute Gasteiger partial charge is 0.328 e. The van der Waals surface area contributed by atoms with Crippen molar-refractivity contribution in [2.75, 3.05) is 26.7 Å². The molecule has 2 saturated heterocycles. The highest BCUT2D eigenvalue weighted by Crippen LogP contribution is 2.35. The Hall–Kier alpha value is -1.10. The van der Waals surface area contributed by atoms with E-state index in [4.69, 9.17) is 4.74 Å². The van der Waals surface area contributed by atoms with E-state index >= 15 is 0 Å². The zero-order valence-electron chi connectivity index (χ0n) is 11.9. The Labute approximate surface area is 114 Å². The fraction of sp³-hybridized carbons (Fsp3) is 0.857. The summed E-state index contributed by atoms with van der Waals surface area (Å²) in [6.45, 7) is 4.42. The monoisotopic (exact) mass is 268 g/mol. The zero-order valence-corrected chi connectivity index (χ0v) is 11.9. The predicted molar refractivity (Wildman–Crippen MR) is 71.6 cm³/mol. The van der Waals surface area contributed by atoms with Gasteiger partial charge in [0.15, 0.2) is 0 Å². The van der Waals surface area contributed by atoms with Crippen molar-refractivity contribution in [2.24, 2.45) is 5.41 Å². The van der Waals surface area contributed by atoms with Crippen LogP contribution in [0.5, 0.6) is 0 Å². The molecule has 2 rings (SSSR count). The molecular weight excluding hydrogens is 244 g/mol. The highest BCUT2D eigenvalue weighted by molar-refractivity contribution is 5.89. The number of amides is 1. The molecule has 0 spiro atoms. The predicted octanol–water partition coefficient (Wildman–Crippen LogP) is 0.930. The van der Waals surface area contributed by atoms with Gasteiger partial charge in [-0.25, -0.2) is 4.79 Å². The summed E-state index contributed by atoms with van der Waals surface area (Å²) in [5, 5.41) is 3.30. The van der Waals surface area contributed by atoms with Gasteiger partial charge in [0.05, 0.1) is 12.5 Å². The van der Waals surface area contributed by atoms with Crippen molar-refractivity contribution in [1.82, 2.24) is 10.2 Å². The molecule has 0 bridgehead atoms. The molecule has 0 aromatic rings. The SMILES string of the molecule is CCCC1(C(=O)N2CCCC2C(=O)OC)CCNC1. The molecule has 0 radical (unpaired) electrons. The second-order valence-electron chi connectivity index (χ2n) is 5.64. The average molecular weight is 268 g/mol. The molecule has 2 heterocycles. The highest BCUT2D eigenvalue weighted by Gasteiger charge is 2.47. The Morgan fingerprint density at radius 1 is 1.47 bits per heavy atom. The third-order valence-corrected chi connectivity index (χ3v) is 4.41. The summed E-state index contributed by atoms with van der Waals surface area (Å²) < 4.78 is 4.82. The van der Waals surface area contributed by atoms with Gasteiger partial charge in [-0.3, -0.25) is 4.79 Å². The summed E-state index contributed by atoms with van der Waals surface area (Å²) in [7, 11) is 1.39. The van der Waals surface area contributed by atoms with Gasteiger partial charge in [0, 0.05) is 13.1 Å². The van der Waals surface area contributed by atoms with E-state index in [0.29, 0.717) is 6.54 Å². The van der Waals surface area contributed by atoms with Crippen LogP contribution >= 0.6 is 0 Å². The Morgan fingerprint density at radius 2 is 2.26 bits per heavy atom. The molecule has 2 fully saturated rings. The van der Waals surface area contributed by atoms with Gasteiger partial charge < -0.3 is 15.0 Å². The Balaban J connectivity index is 2.14. The molecule has 5 heteroatoms. The molecule has 108 valence electrons. The van der Waals surface area contributed by atoms with Gasteiger partial charge in [0.2, 0.25) is 5.91 Å². The topological polar surface area (TPSA) is 58.6 Å². The minimum absolute atomic E-state index is 0.146. The fourth-order valence-corrected chi connectivity index (χ4v) is 3.42. The summed E-state index contributed by atoms with van der Waals surface area (Å²) in [6.07, 6.45) is 4.38. The first-order valence-electron chi connectivity index (χ1n) is 7.24. The third-order valence-electron chi connectivity index (χ3n) is 4.41. The number of carbonyl (C=O) groups excluding carboxylic acids is 2. The molecule has 0 aliphatic carbocycles. The number of hydrogen-bond acceptors (Lipinski definition) is 4.